The fourth-order valence-electron chi connectivity index (χ4n) is 3.10. The number of anilines is 1. The van der Waals surface area contributed by atoms with Gasteiger partial charge in [0.05, 0.1) is 0 Å². The molecule has 3 heteroatoms. The van der Waals surface area contributed by atoms with Gasteiger partial charge in [-0.3, -0.25) is 4.90 Å². The molecular formula is C18H30N2O. The first-order chi connectivity index (χ1) is 9.95. The van der Waals surface area contributed by atoms with Crippen molar-refractivity contribution >= 4 is 5.69 Å². The molecule has 1 aromatic rings. The second kappa shape index (κ2) is 7.17. The van der Waals surface area contributed by atoms with Crippen molar-refractivity contribution < 1.29 is 4.74 Å². The Morgan fingerprint density at radius 1 is 1.14 bits per heavy atom. The van der Waals surface area contributed by atoms with E-state index < -0.39 is 0 Å². The quantitative estimate of drug-likeness (QED) is 0.857. The first kappa shape index (κ1) is 16.2. The van der Waals surface area contributed by atoms with E-state index in [9.17, 15) is 0 Å². The molecule has 1 fully saturated rings. The summed E-state index contributed by atoms with van der Waals surface area (Å²) in [6.07, 6.45) is 3.98. The summed E-state index contributed by atoms with van der Waals surface area (Å²) >= 11 is 0. The van der Waals surface area contributed by atoms with Crippen molar-refractivity contribution in [1.29, 1.82) is 0 Å². The number of nitrogen functional groups attached to an aromatic ring is 1. The lowest BCUT2D eigenvalue weighted by Crippen LogP contribution is -2.30. The third-order valence-corrected chi connectivity index (χ3v) is 4.60. The molecule has 1 aliphatic heterocycles. The lowest BCUT2D eigenvalue weighted by atomic mass is 9.77. The average molecular weight is 290 g/mol. The highest BCUT2D eigenvalue weighted by Gasteiger charge is 2.26. The van der Waals surface area contributed by atoms with E-state index in [-0.39, 0.29) is 0 Å². The maximum absolute atomic E-state index is 5.80. The van der Waals surface area contributed by atoms with Gasteiger partial charge >= 0.3 is 0 Å². The maximum atomic E-state index is 5.80. The van der Waals surface area contributed by atoms with Crippen molar-refractivity contribution in [2.24, 2.45) is 11.3 Å². The van der Waals surface area contributed by atoms with Gasteiger partial charge in [0.1, 0.15) is 12.4 Å². The molecular weight excluding hydrogens is 260 g/mol. The van der Waals surface area contributed by atoms with Crippen LogP contribution in [0.2, 0.25) is 0 Å². The second-order valence-corrected chi connectivity index (χ2v) is 7.25. The van der Waals surface area contributed by atoms with Gasteiger partial charge in [0.25, 0.3) is 0 Å². The molecule has 1 aromatic carbocycles. The van der Waals surface area contributed by atoms with Gasteiger partial charge in [-0.2, -0.15) is 0 Å². The highest BCUT2D eigenvalue weighted by Crippen LogP contribution is 2.34. The monoisotopic (exact) mass is 290 g/mol. The number of hydrogen-bond donors (Lipinski definition) is 1. The first-order valence-corrected chi connectivity index (χ1v) is 8.16. The molecule has 0 aromatic heterocycles. The Morgan fingerprint density at radius 2 is 1.86 bits per heavy atom. The van der Waals surface area contributed by atoms with Gasteiger partial charge in [-0.25, -0.2) is 0 Å². The highest BCUT2D eigenvalue weighted by atomic mass is 16.5. The summed E-state index contributed by atoms with van der Waals surface area (Å²) in [7, 11) is 0. The van der Waals surface area contributed by atoms with Gasteiger partial charge in [0.2, 0.25) is 0 Å². The SMILES string of the molecule is CC(C)(C)C1CCCN(CCOc2ccc(N)cc2)CC1. The van der Waals surface area contributed by atoms with Crippen molar-refractivity contribution in [2.45, 2.75) is 40.0 Å². The molecule has 118 valence electrons. The van der Waals surface area contributed by atoms with Gasteiger partial charge in [0, 0.05) is 12.2 Å². The number of nitrogens with two attached hydrogens (primary N) is 1. The number of nitrogens with zero attached hydrogens (tertiary/aromatic N) is 1. The van der Waals surface area contributed by atoms with Crippen molar-refractivity contribution in [1.82, 2.24) is 4.90 Å². The lowest BCUT2D eigenvalue weighted by Gasteiger charge is -2.29. The molecule has 3 nitrogen and oxygen atoms in total. The molecule has 0 saturated carbocycles. The van der Waals surface area contributed by atoms with Crippen LogP contribution in [-0.2, 0) is 0 Å². The molecule has 0 bridgehead atoms. The van der Waals surface area contributed by atoms with E-state index >= 15 is 0 Å². The van der Waals surface area contributed by atoms with Crippen LogP contribution < -0.4 is 10.5 Å². The van der Waals surface area contributed by atoms with Crippen molar-refractivity contribution in [3.8, 4) is 5.75 Å². The molecule has 1 atom stereocenters. The van der Waals surface area contributed by atoms with Gasteiger partial charge in [0.15, 0.2) is 0 Å². The van der Waals surface area contributed by atoms with Crippen LogP contribution in [0.25, 0.3) is 0 Å². The Labute approximate surface area is 129 Å². The van der Waals surface area contributed by atoms with Crippen LogP contribution in [-0.4, -0.2) is 31.1 Å². The number of likely N-dealkylation sites (tertiary alicyclic amines) is 1. The molecule has 1 aliphatic rings. The Bertz CT molecular complexity index is 422. The van der Waals surface area contributed by atoms with Crippen LogP contribution in [0.3, 0.4) is 0 Å². The van der Waals surface area contributed by atoms with Crippen LogP contribution in [0.15, 0.2) is 24.3 Å². The standard InChI is InChI=1S/C18H30N2O/c1-18(2,3)15-5-4-11-20(12-10-15)13-14-21-17-8-6-16(19)7-9-17/h6-9,15H,4-5,10-14,19H2,1-3H3. The number of rotatable bonds is 4. The first-order valence-electron chi connectivity index (χ1n) is 8.16. The van der Waals surface area contributed by atoms with E-state index in [1.165, 1.54) is 32.4 Å². The average Bonchev–Trinajstić information content (AvgIpc) is 2.66. The molecule has 0 spiro atoms. The maximum Gasteiger partial charge on any atom is 0.119 e. The van der Waals surface area contributed by atoms with E-state index in [1.807, 2.05) is 24.3 Å². The van der Waals surface area contributed by atoms with E-state index in [2.05, 4.69) is 25.7 Å². The van der Waals surface area contributed by atoms with Crippen LogP contribution in [0.5, 0.6) is 5.75 Å². The summed E-state index contributed by atoms with van der Waals surface area (Å²) in [5, 5.41) is 0. The third kappa shape index (κ3) is 5.24. The third-order valence-electron chi connectivity index (χ3n) is 4.60. The summed E-state index contributed by atoms with van der Waals surface area (Å²) in [6, 6.07) is 7.64. The minimum atomic E-state index is 0.441. The van der Waals surface area contributed by atoms with Gasteiger partial charge < -0.3 is 10.5 Å². The molecule has 0 radical (unpaired) electrons. The molecule has 0 amide bonds. The molecule has 0 aliphatic carbocycles. The van der Waals surface area contributed by atoms with Crippen LogP contribution in [0.1, 0.15) is 40.0 Å². The van der Waals surface area contributed by atoms with E-state index in [0.717, 1.165) is 30.5 Å². The van der Waals surface area contributed by atoms with Crippen molar-refractivity contribution in [3.05, 3.63) is 24.3 Å². The van der Waals surface area contributed by atoms with Gasteiger partial charge in [-0.05, 0) is 68.0 Å². The smallest absolute Gasteiger partial charge is 0.119 e. The zero-order valence-electron chi connectivity index (χ0n) is 13.8. The van der Waals surface area contributed by atoms with E-state index in [0.29, 0.717) is 5.41 Å². The molecule has 1 heterocycles. The fraction of sp³-hybridized carbons (Fsp3) is 0.667. The second-order valence-electron chi connectivity index (χ2n) is 7.25. The van der Waals surface area contributed by atoms with Crippen LogP contribution in [0, 0.1) is 11.3 Å². The largest absolute Gasteiger partial charge is 0.492 e. The Kier molecular flexibility index (Phi) is 5.51. The molecule has 2 rings (SSSR count). The predicted molar refractivity (Wildman–Crippen MR) is 89.6 cm³/mol. The normalized spacial score (nSPS) is 21.0. The Morgan fingerprint density at radius 3 is 2.52 bits per heavy atom. The number of hydrogen-bond acceptors (Lipinski definition) is 3. The Balaban J connectivity index is 1.73. The topological polar surface area (TPSA) is 38.5 Å². The highest BCUT2D eigenvalue weighted by molar-refractivity contribution is 5.41. The van der Waals surface area contributed by atoms with E-state index in [4.69, 9.17) is 10.5 Å². The summed E-state index contributed by atoms with van der Waals surface area (Å²) in [5.74, 6) is 1.76. The minimum absolute atomic E-state index is 0.441. The number of benzene rings is 1. The number of ether oxygens (including phenoxy) is 1. The summed E-state index contributed by atoms with van der Waals surface area (Å²) in [4.78, 5) is 2.54. The molecule has 1 unspecified atom stereocenters. The summed E-state index contributed by atoms with van der Waals surface area (Å²) in [5.41, 5.74) is 6.90. The van der Waals surface area contributed by atoms with Crippen molar-refractivity contribution in [2.75, 3.05) is 32.0 Å². The van der Waals surface area contributed by atoms with Gasteiger partial charge in [-0.1, -0.05) is 20.8 Å². The lowest BCUT2D eigenvalue weighted by molar-refractivity contribution is 0.192. The zero-order valence-corrected chi connectivity index (χ0v) is 13.8. The summed E-state index contributed by atoms with van der Waals surface area (Å²) in [6.45, 7) is 11.3. The van der Waals surface area contributed by atoms with Crippen LogP contribution in [0.4, 0.5) is 5.69 Å². The van der Waals surface area contributed by atoms with Gasteiger partial charge in [-0.15, -0.1) is 0 Å². The minimum Gasteiger partial charge on any atom is -0.492 e. The molecule has 1 saturated heterocycles. The zero-order chi connectivity index (χ0) is 15.3. The fourth-order valence-corrected chi connectivity index (χ4v) is 3.10. The Hall–Kier alpha value is -1.22. The summed E-state index contributed by atoms with van der Waals surface area (Å²) < 4.78 is 5.80. The van der Waals surface area contributed by atoms with Crippen molar-refractivity contribution in [3.63, 3.8) is 0 Å². The van der Waals surface area contributed by atoms with E-state index in [1.54, 1.807) is 0 Å². The van der Waals surface area contributed by atoms with Crippen LogP contribution >= 0.6 is 0 Å². The predicted octanol–water partition coefficient (Wildman–Crippen LogP) is 3.80. The molecule has 2 N–H and O–H groups in total. The molecule has 21 heavy (non-hydrogen) atoms.